The topological polar surface area (TPSA) is 40.6 Å². The molecule has 0 saturated carbocycles. The summed E-state index contributed by atoms with van der Waals surface area (Å²) in [6.45, 7) is 1.55. The van der Waals surface area contributed by atoms with Crippen LogP contribution < -0.4 is 4.90 Å². The van der Waals surface area contributed by atoms with E-state index in [0.29, 0.717) is 6.42 Å². The molecule has 88 valence electrons. The minimum Gasteiger partial charge on any atom is -0.324 e. The quantitative estimate of drug-likeness (QED) is 0.674. The van der Waals surface area contributed by atoms with Gasteiger partial charge in [-0.05, 0) is 11.6 Å². The Balaban J connectivity index is 2.16. The highest BCUT2D eigenvalue weighted by Crippen LogP contribution is 2.47. The number of carbonyl (C=O) groups is 2. The van der Waals surface area contributed by atoms with Crippen LogP contribution >= 0.6 is 0 Å². The fourth-order valence-electron chi connectivity index (χ4n) is 3.00. The molecule has 1 aromatic carbocycles. The van der Waals surface area contributed by atoms with E-state index in [1.165, 1.54) is 0 Å². The molecule has 2 amide bonds. The number of nitrogens with zero attached hydrogens (tertiary/aromatic N) is 2. The van der Waals surface area contributed by atoms with Crippen molar-refractivity contribution in [3.63, 3.8) is 0 Å². The molecule has 17 heavy (non-hydrogen) atoms. The van der Waals surface area contributed by atoms with Crippen molar-refractivity contribution in [3.8, 4) is 0 Å². The van der Waals surface area contributed by atoms with Crippen LogP contribution in [0.3, 0.4) is 0 Å². The Morgan fingerprint density at radius 3 is 2.76 bits per heavy atom. The number of fused-ring (bicyclic) bond motifs is 3. The van der Waals surface area contributed by atoms with E-state index in [4.69, 9.17) is 0 Å². The van der Waals surface area contributed by atoms with E-state index in [-0.39, 0.29) is 23.9 Å². The number of anilines is 1. The molecule has 0 N–H and O–H groups in total. The van der Waals surface area contributed by atoms with E-state index in [0.717, 1.165) is 11.3 Å². The van der Waals surface area contributed by atoms with Crippen LogP contribution in [0.5, 0.6) is 0 Å². The van der Waals surface area contributed by atoms with Gasteiger partial charge in [-0.1, -0.05) is 18.2 Å². The van der Waals surface area contributed by atoms with Crippen molar-refractivity contribution in [3.05, 3.63) is 29.8 Å². The van der Waals surface area contributed by atoms with Crippen LogP contribution in [0, 0.1) is 0 Å². The highest BCUT2D eigenvalue weighted by Gasteiger charge is 2.49. The van der Waals surface area contributed by atoms with Gasteiger partial charge in [0.15, 0.2) is 0 Å². The van der Waals surface area contributed by atoms with Gasteiger partial charge in [-0.15, -0.1) is 0 Å². The van der Waals surface area contributed by atoms with E-state index in [1.807, 2.05) is 24.3 Å². The highest BCUT2D eigenvalue weighted by atomic mass is 16.2. The van der Waals surface area contributed by atoms with Gasteiger partial charge in [-0.25, -0.2) is 0 Å². The molecule has 1 fully saturated rings. The second-order valence-corrected chi connectivity index (χ2v) is 4.68. The van der Waals surface area contributed by atoms with E-state index in [1.54, 1.807) is 23.8 Å². The molecule has 4 heteroatoms. The number of benzene rings is 1. The Labute approximate surface area is 99.8 Å². The minimum atomic E-state index is -0.127. The number of rotatable bonds is 0. The largest absolute Gasteiger partial charge is 0.324 e. The van der Waals surface area contributed by atoms with Crippen LogP contribution in [0.25, 0.3) is 0 Å². The molecular weight excluding hydrogens is 216 g/mol. The number of likely N-dealkylation sites (N-methyl/N-ethyl adjacent to an activating group) is 1. The van der Waals surface area contributed by atoms with Crippen LogP contribution in [-0.4, -0.2) is 29.9 Å². The van der Waals surface area contributed by atoms with Gasteiger partial charge in [0.25, 0.3) is 0 Å². The van der Waals surface area contributed by atoms with Gasteiger partial charge in [0.1, 0.15) is 6.17 Å². The zero-order valence-electron chi connectivity index (χ0n) is 9.88. The lowest BCUT2D eigenvalue weighted by atomic mass is 9.98. The number of likely N-dealkylation sites (tertiary alicyclic amines) is 1. The number of para-hydroxylation sites is 1. The molecule has 2 heterocycles. The average molecular weight is 230 g/mol. The summed E-state index contributed by atoms with van der Waals surface area (Å²) < 4.78 is 0. The molecular formula is C13H14N2O2. The molecule has 0 aromatic heterocycles. The van der Waals surface area contributed by atoms with Gasteiger partial charge in [0.2, 0.25) is 11.8 Å². The second kappa shape index (κ2) is 3.32. The monoisotopic (exact) mass is 230 g/mol. The number of carbonyl (C=O) groups excluding carboxylic acids is 2. The number of amides is 2. The Morgan fingerprint density at radius 2 is 2.06 bits per heavy atom. The summed E-state index contributed by atoms with van der Waals surface area (Å²) in [4.78, 5) is 27.0. The van der Waals surface area contributed by atoms with E-state index < -0.39 is 0 Å². The Kier molecular flexibility index (Phi) is 2.02. The third-order valence-electron chi connectivity index (χ3n) is 3.74. The molecule has 2 unspecified atom stereocenters. The SMILES string of the molecule is CC(=O)N1c2ccccc2C2CC(=O)N(C)C21. The van der Waals surface area contributed by atoms with Crippen molar-refractivity contribution >= 4 is 17.5 Å². The third kappa shape index (κ3) is 1.24. The van der Waals surface area contributed by atoms with Gasteiger partial charge in [-0.3, -0.25) is 14.5 Å². The fraction of sp³-hybridized carbons (Fsp3) is 0.385. The molecule has 1 saturated heterocycles. The Bertz CT molecular complexity index is 512. The van der Waals surface area contributed by atoms with Gasteiger partial charge < -0.3 is 4.90 Å². The van der Waals surface area contributed by atoms with Gasteiger partial charge in [-0.2, -0.15) is 0 Å². The predicted molar refractivity (Wildman–Crippen MR) is 63.5 cm³/mol. The summed E-state index contributed by atoms with van der Waals surface area (Å²) >= 11 is 0. The molecule has 0 radical (unpaired) electrons. The number of hydrogen-bond acceptors (Lipinski definition) is 2. The number of hydrogen-bond donors (Lipinski definition) is 0. The lowest BCUT2D eigenvalue weighted by molar-refractivity contribution is -0.128. The van der Waals surface area contributed by atoms with Crippen molar-refractivity contribution in [2.24, 2.45) is 0 Å². The summed E-state index contributed by atoms with van der Waals surface area (Å²) in [5.41, 5.74) is 2.07. The molecule has 2 atom stereocenters. The first-order chi connectivity index (χ1) is 8.11. The van der Waals surface area contributed by atoms with Crippen LogP contribution in [0.1, 0.15) is 24.8 Å². The zero-order valence-corrected chi connectivity index (χ0v) is 9.88. The molecule has 4 nitrogen and oxygen atoms in total. The summed E-state index contributed by atoms with van der Waals surface area (Å²) in [7, 11) is 1.77. The van der Waals surface area contributed by atoms with Crippen molar-refractivity contribution in [1.82, 2.24) is 4.90 Å². The molecule has 1 aromatic rings. The normalized spacial score (nSPS) is 26.1. The summed E-state index contributed by atoms with van der Waals surface area (Å²) in [6.07, 6.45) is 0.375. The zero-order chi connectivity index (χ0) is 12.2. The first kappa shape index (κ1) is 10.3. The smallest absolute Gasteiger partial charge is 0.225 e. The van der Waals surface area contributed by atoms with Crippen LogP contribution in [0.2, 0.25) is 0 Å². The van der Waals surface area contributed by atoms with E-state index in [2.05, 4.69) is 0 Å². The predicted octanol–water partition coefficient (Wildman–Crippen LogP) is 1.32. The Hall–Kier alpha value is -1.84. The maximum Gasteiger partial charge on any atom is 0.225 e. The summed E-state index contributed by atoms with van der Waals surface area (Å²) in [5, 5.41) is 0. The van der Waals surface area contributed by atoms with Crippen LogP contribution in [0.4, 0.5) is 5.69 Å². The lowest BCUT2D eigenvalue weighted by Crippen LogP contribution is -2.45. The van der Waals surface area contributed by atoms with Gasteiger partial charge in [0, 0.05) is 32.0 Å². The van der Waals surface area contributed by atoms with Crippen LogP contribution in [-0.2, 0) is 9.59 Å². The fourth-order valence-corrected chi connectivity index (χ4v) is 3.00. The molecule has 0 spiro atoms. The van der Waals surface area contributed by atoms with Crippen molar-refractivity contribution in [1.29, 1.82) is 0 Å². The first-order valence-corrected chi connectivity index (χ1v) is 5.75. The van der Waals surface area contributed by atoms with Gasteiger partial charge >= 0.3 is 0 Å². The highest BCUT2D eigenvalue weighted by molar-refractivity contribution is 5.97. The molecule has 0 bridgehead atoms. The van der Waals surface area contributed by atoms with E-state index in [9.17, 15) is 9.59 Å². The summed E-state index contributed by atoms with van der Waals surface area (Å²) in [6, 6.07) is 7.86. The molecule has 0 aliphatic carbocycles. The average Bonchev–Trinajstić information content (AvgIpc) is 2.76. The molecule has 2 aliphatic rings. The maximum atomic E-state index is 11.8. The standard InChI is InChI=1S/C13H14N2O2/c1-8(16)15-11-6-4-3-5-9(11)10-7-12(17)14(2)13(10)15/h3-6,10,13H,7H2,1-2H3. The first-order valence-electron chi connectivity index (χ1n) is 5.75. The van der Waals surface area contributed by atoms with Crippen molar-refractivity contribution in [2.75, 3.05) is 11.9 Å². The minimum absolute atomic E-state index is 0.00787. The Morgan fingerprint density at radius 1 is 1.35 bits per heavy atom. The summed E-state index contributed by atoms with van der Waals surface area (Å²) in [5.74, 6) is 0.236. The van der Waals surface area contributed by atoms with E-state index >= 15 is 0 Å². The third-order valence-corrected chi connectivity index (χ3v) is 3.74. The maximum absolute atomic E-state index is 11.8. The molecule has 2 aliphatic heterocycles. The van der Waals surface area contributed by atoms with Crippen molar-refractivity contribution < 1.29 is 9.59 Å². The lowest BCUT2D eigenvalue weighted by Gasteiger charge is -2.29. The van der Waals surface area contributed by atoms with Crippen molar-refractivity contribution in [2.45, 2.75) is 25.4 Å². The van der Waals surface area contributed by atoms with Gasteiger partial charge in [0.05, 0.1) is 0 Å². The second-order valence-electron chi connectivity index (χ2n) is 4.68. The van der Waals surface area contributed by atoms with Crippen LogP contribution in [0.15, 0.2) is 24.3 Å². The molecule has 3 rings (SSSR count).